The predicted octanol–water partition coefficient (Wildman–Crippen LogP) is 1.04. The second kappa shape index (κ2) is 7.21. The maximum Gasteiger partial charge on any atom is 0.239 e. The van der Waals surface area contributed by atoms with E-state index in [0.29, 0.717) is 5.82 Å². The van der Waals surface area contributed by atoms with Gasteiger partial charge in [-0.2, -0.15) is 0 Å². The molecular weight excluding hydrogens is 294 g/mol. The molecule has 2 N–H and O–H groups in total. The topological polar surface area (TPSA) is 88.4 Å². The lowest BCUT2D eigenvalue weighted by Gasteiger charge is -2.20. The van der Waals surface area contributed by atoms with Crippen LogP contribution in [0.2, 0.25) is 0 Å². The van der Waals surface area contributed by atoms with Crippen molar-refractivity contribution in [1.82, 2.24) is 25.2 Å². The first-order chi connectivity index (χ1) is 11.2. The summed E-state index contributed by atoms with van der Waals surface area (Å²) in [5.74, 6) is 0.499. The van der Waals surface area contributed by atoms with Crippen molar-refractivity contribution >= 4 is 17.5 Å². The fourth-order valence-electron chi connectivity index (χ4n) is 2.93. The van der Waals surface area contributed by atoms with Crippen molar-refractivity contribution in [2.45, 2.75) is 38.6 Å². The Kier molecular flexibility index (Phi) is 4.85. The molecule has 0 spiro atoms. The second-order valence-corrected chi connectivity index (χ2v) is 5.87. The molecule has 0 bridgehead atoms. The van der Waals surface area contributed by atoms with Gasteiger partial charge < -0.3 is 10.6 Å². The van der Waals surface area contributed by atoms with Crippen LogP contribution >= 0.6 is 0 Å². The summed E-state index contributed by atoms with van der Waals surface area (Å²) in [5, 5.41) is 13.6. The Labute approximate surface area is 134 Å². The van der Waals surface area contributed by atoms with Gasteiger partial charge in [0.05, 0.1) is 13.1 Å². The summed E-state index contributed by atoms with van der Waals surface area (Å²) in [6, 6.07) is 5.61. The fourth-order valence-corrected chi connectivity index (χ4v) is 2.93. The molecule has 1 aliphatic carbocycles. The Morgan fingerprint density at radius 1 is 1.13 bits per heavy atom. The van der Waals surface area contributed by atoms with E-state index in [4.69, 9.17) is 0 Å². The van der Waals surface area contributed by atoms with Gasteiger partial charge in [0.1, 0.15) is 0 Å². The quantitative estimate of drug-likeness (QED) is 0.863. The van der Waals surface area contributed by atoms with Crippen LogP contribution < -0.4 is 10.6 Å². The minimum absolute atomic E-state index is 0.00602. The second-order valence-electron chi connectivity index (χ2n) is 5.87. The van der Waals surface area contributed by atoms with Gasteiger partial charge in [0, 0.05) is 12.1 Å². The molecule has 0 aromatic carbocycles. The fraction of sp³-hybridized carbons (Fsp3) is 0.500. The minimum atomic E-state index is -0.221. The van der Waals surface area contributed by atoms with E-state index in [1.165, 1.54) is 6.42 Å². The Hall–Kier alpha value is -2.44. The van der Waals surface area contributed by atoms with Crippen LogP contribution in [0.5, 0.6) is 0 Å². The molecule has 2 heterocycles. The number of carbonyl (C=O) groups is 2. The number of nitrogens with one attached hydrogen (secondary N) is 2. The summed E-state index contributed by atoms with van der Waals surface area (Å²) >= 11 is 0. The van der Waals surface area contributed by atoms with Gasteiger partial charge in [-0.05, 0) is 25.0 Å². The van der Waals surface area contributed by atoms with Gasteiger partial charge in [-0.1, -0.05) is 25.3 Å². The third-order valence-electron chi connectivity index (χ3n) is 4.23. The van der Waals surface area contributed by atoms with Gasteiger partial charge in [0.25, 0.3) is 0 Å². The van der Waals surface area contributed by atoms with Crippen molar-refractivity contribution in [2.24, 2.45) is 5.92 Å². The predicted molar refractivity (Wildman–Crippen MR) is 84.4 cm³/mol. The number of hydrogen-bond donors (Lipinski definition) is 2. The zero-order valence-electron chi connectivity index (χ0n) is 13.0. The number of amides is 2. The van der Waals surface area contributed by atoms with Gasteiger partial charge in [-0.25, -0.2) is 0 Å². The van der Waals surface area contributed by atoms with E-state index < -0.39 is 0 Å². The lowest BCUT2D eigenvalue weighted by molar-refractivity contribution is -0.129. The van der Waals surface area contributed by atoms with Crippen LogP contribution in [0, 0.1) is 5.92 Å². The Morgan fingerprint density at radius 2 is 1.96 bits per heavy atom. The largest absolute Gasteiger partial charge is 0.347 e. The Bertz CT molecular complexity index is 691. The van der Waals surface area contributed by atoms with Crippen molar-refractivity contribution in [2.75, 3.05) is 6.54 Å². The van der Waals surface area contributed by atoms with Crippen molar-refractivity contribution in [3.05, 3.63) is 30.2 Å². The number of fused-ring (bicyclic) bond motifs is 1. The molecule has 3 rings (SSSR count). The number of pyridine rings is 1. The van der Waals surface area contributed by atoms with Crippen LogP contribution in [0.4, 0.5) is 0 Å². The molecular formula is C16H21N5O2. The monoisotopic (exact) mass is 315 g/mol. The summed E-state index contributed by atoms with van der Waals surface area (Å²) in [4.78, 5) is 23.9. The first-order valence-corrected chi connectivity index (χ1v) is 8.07. The van der Waals surface area contributed by atoms with Crippen LogP contribution in [-0.2, 0) is 16.1 Å². The van der Waals surface area contributed by atoms with Crippen LogP contribution in [0.15, 0.2) is 24.4 Å². The van der Waals surface area contributed by atoms with E-state index in [-0.39, 0.29) is 30.8 Å². The van der Waals surface area contributed by atoms with E-state index in [1.54, 1.807) is 0 Å². The molecule has 1 fully saturated rings. The molecule has 0 aliphatic heterocycles. The summed E-state index contributed by atoms with van der Waals surface area (Å²) < 4.78 is 1.82. The Morgan fingerprint density at radius 3 is 2.78 bits per heavy atom. The van der Waals surface area contributed by atoms with Gasteiger partial charge in [-0.15, -0.1) is 10.2 Å². The number of aromatic nitrogens is 3. The van der Waals surface area contributed by atoms with Gasteiger partial charge >= 0.3 is 0 Å². The summed E-state index contributed by atoms with van der Waals surface area (Å²) in [6.45, 7) is 0.287. The van der Waals surface area contributed by atoms with Crippen molar-refractivity contribution in [3.8, 4) is 0 Å². The van der Waals surface area contributed by atoms with Crippen molar-refractivity contribution < 1.29 is 9.59 Å². The minimum Gasteiger partial charge on any atom is -0.347 e. The van der Waals surface area contributed by atoms with Crippen LogP contribution in [0.3, 0.4) is 0 Å². The smallest absolute Gasteiger partial charge is 0.239 e. The molecule has 122 valence electrons. The highest BCUT2D eigenvalue weighted by Crippen LogP contribution is 2.23. The van der Waals surface area contributed by atoms with Gasteiger partial charge in [0.2, 0.25) is 11.8 Å². The van der Waals surface area contributed by atoms with E-state index in [0.717, 1.165) is 31.3 Å². The SMILES string of the molecule is O=C(CNC(=O)C1CCCCC1)NCc1nnc2ccccn12. The molecule has 0 saturated heterocycles. The number of hydrogen-bond acceptors (Lipinski definition) is 4. The highest BCUT2D eigenvalue weighted by atomic mass is 16.2. The molecule has 2 aromatic rings. The summed E-state index contributed by atoms with van der Waals surface area (Å²) in [7, 11) is 0. The lowest BCUT2D eigenvalue weighted by atomic mass is 9.89. The molecule has 7 heteroatoms. The normalized spacial score (nSPS) is 15.5. The zero-order valence-corrected chi connectivity index (χ0v) is 13.0. The third kappa shape index (κ3) is 3.85. The lowest BCUT2D eigenvalue weighted by Crippen LogP contribution is -2.40. The molecule has 1 saturated carbocycles. The van der Waals surface area contributed by atoms with E-state index in [9.17, 15) is 9.59 Å². The first-order valence-electron chi connectivity index (χ1n) is 8.07. The molecule has 0 radical (unpaired) electrons. The van der Waals surface area contributed by atoms with Crippen molar-refractivity contribution in [3.63, 3.8) is 0 Å². The molecule has 2 amide bonds. The van der Waals surface area contributed by atoms with E-state index in [1.807, 2.05) is 28.8 Å². The number of rotatable bonds is 5. The standard InChI is InChI=1S/C16H21N5O2/c22-15(11-18-16(23)12-6-2-1-3-7-12)17-10-14-20-19-13-8-4-5-9-21(13)14/h4-5,8-9,12H,1-3,6-7,10-11H2,(H,17,22)(H,18,23). The zero-order chi connectivity index (χ0) is 16.1. The first kappa shape index (κ1) is 15.5. The van der Waals surface area contributed by atoms with Crippen LogP contribution in [0.25, 0.3) is 5.65 Å². The van der Waals surface area contributed by atoms with Crippen LogP contribution in [-0.4, -0.2) is 33.0 Å². The highest BCUT2D eigenvalue weighted by Gasteiger charge is 2.21. The molecule has 7 nitrogen and oxygen atoms in total. The Balaban J connectivity index is 1.45. The maximum atomic E-state index is 12.0. The van der Waals surface area contributed by atoms with E-state index in [2.05, 4.69) is 20.8 Å². The maximum absolute atomic E-state index is 12.0. The van der Waals surface area contributed by atoms with Gasteiger partial charge in [-0.3, -0.25) is 14.0 Å². The third-order valence-corrected chi connectivity index (χ3v) is 4.23. The number of nitrogens with zero attached hydrogens (tertiary/aromatic N) is 3. The molecule has 2 aromatic heterocycles. The molecule has 0 atom stereocenters. The van der Waals surface area contributed by atoms with Crippen molar-refractivity contribution in [1.29, 1.82) is 0 Å². The molecule has 0 unspecified atom stereocenters. The summed E-state index contributed by atoms with van der Waals surface area (Å²) in [6.07, 6.45) is 7.12. The number of carbonyl (C=O) groups excluding carboxylic acids is 2. The summed E-state index contributed by atoms with van der Waals surface area (Å²) in [5.41, 5.74) is 0.738. The average Bonchev–Trinajstić information content (AvgIpc) is 3.02. The highest BCUT2D eigenvalue weighted by molar-refractivity contribution is 5.85. The molecule has 1 aliphatic rings. The van der Waals surface area contributed by atoms with Crippen LogP contribution in [0.1, 0.15) is 37.9 Å². The molecule has 23 heavy (non-hydrogen) atoms. The van der Waals surface area contributed by atoms with Gasteiger partial charge in [0.15, 0.2) is 11.5 Å². The average molecular weight is 315 g/mol. The van der Waals surface area contributed by atoms with E-state index >= 15 is 0 Å².